The predicted molar refractivity (Wildman–Crippen MR) is 146 cm³/mol. The molecule has 2 aromatic heterocycles. The van der Waals surface area contributed by atoms with Gasteiger partial charge in [-0.1, -0.05) is 0 Å². The number of rotatable bonds is 8. The third kappa shape index (κ3) is 5.39. The molecule has 36 heavy (non-hydrogen) atoms. The van der Waals surface area contributed by atoms with E-state index in [0.717, 1.165) is 64.8 Å². The number of hydrogen-bond acceptors (Lipinski definition) is 7. The number of anilines is 2. The Morgan fingerprint density at radius 2 is 1.78 bits per heavy atom. The van der Waals surface area contributed by atoms with Crippen molar-refractivity contribution < 1.29 is 9.47 Å². The highest BCUT2D eigenvalue weighted by atomic mass is 35.5. The maximum atomic E-state index is 5.57. The first-order valence-electron chi connectivity index (χ1n) is 12.0. The molecule has 1 aliphatic rings. The van der Waals surface area contributed by atoms with Crippen molar-refractivity contribution in [3.05, 3.63) is 55.0 Å². The van der Waals surface area contributed by atoms with Crippen LogP contribution < -0.4 is 14.4 Å². The Kier molecular flexibility index (Phi) is 7.96. The summed E-state index contributed by atoms with van der Waals surface area (Å²) in [4.78, 5) is 14.4. The highest BCUT2D eigenvalue weighted by Crippen LogP contribution is 2.34. The quantitative estimate of drug-likeness (QED) is 0.328. The first-order valence-corrected chi connectivity index (χ1v) is 12.0. The van der Waals surface area contributed by atoms with E-state index in [-0.39, 0.29) is 12.4 Å². The minimum Gasteiger partial charge on any atom is -0.497 e. The molecule has 1 fully saturated rings. The number of hydrogen-bond donors (Lipinski definition) is 0. The van der Waals surface area contributed by atoms with E-state index in [1.165, 1.54) is 12.8 Å². The van der Waals surface area contributed by atoms with Gasteiger partial charge in [0.15, 0.2) is 0 Å². The van der Waals surface area contributed by atoms with Crippen molar-refractivity contribution >= 4 is 34.8 Å². The topological polar surface area (TPSA) is 68.5 Å². The molecule has 0 saturated carbocycles. The van der Waals surface area contributed by atoms with Gasteiger partial charge in [-0.2, -0.15) is 5.10 Å². The minimum absolute atomic E-state index is 0. The van der Waals surface area contributed by atoms with Crippen LogP contribution in [0.4, 0.5) is 11.4 Å². The van der Waals surface area contributed by atoms with Gasteiger partial charge in [-0.15, -0.1) is 12.4 Å². The standard InChI is InChI=1S/C27H32N6O2.ClH/c1-19-6-5-9-32(19)10-11-33(22-12-23(34-3)15-24(13-22)35-4)21-7-8-25-26(14-21)30-27(17-28-25)20-16-29-31(2)18-20;/h7-8,12-19H,5-6,9-11H2,1-4H3;1H/t19-;/m0./s1. The molecule has 4 aromatic rings. The predicted octanol–water partition coefficient (Wildman–Crippen LogP) is 5.09. The average molecular weight is 509 g/mol. The Balaban J connectivity index is 0.00000304. The summed E-state index contributed by atoms with van der Waals surface area (Å²) in [6, 6.07) is 12.9. The zero-order valence-corrected chi connectivity index (χ0v) is 22.0. The largest absolute Gasteiger partial charge is 0.497 e. The van der Waals surface area contributed by atoms with Gasteiger partial charge in [0.25, 0.3) is 0 Å². The van der Waals surface area contributed by atoms with E-state index < -0.39 is 0 Å². The van der Waals surface area contributed by atoms with Crippen LogP contribution in [0.25, 0.3) is 22.3 Å². The van der Waals surface area contributed by atoms with Crippen molar-refractivity contribution in [2.24, 2.45) is 7.05 Å². The maximum Gasteiger partial charge on any atom is 0.124 e. The highest BCUT2D eigenvalue weighted by molar-refractivity contribution is 5.85. The molecule has 2 aromatic carbocycles. The van der Waals surface area contributed by atoms with Crippen molar-refractivity contribution in [2.45, 2.75) is 25.8 Å². The fraction of sp³-hybridized carbons (Fsp3) is 0.370. The Morgan fingerprint density at radius 1 is 1.00 bits per heavy atom. The first-order chi connectivity index (χ1) is 17.0. The Morgan fingerprint density at radius 3 is 2.42 bits per heavy atom. The van der Waals surface area contributed by atoms with Gasteiger partial charge in [0.1, 0.15) is 11.5 Å². The van der Waals surface area contributed by atoms with Gasteiger partial charge in [-0.25, -0.2) is 4.98 Å². The lowest BCUT2D eigenvalue weighted by Gasteiger charge is -2.30. The molecule has 0 spiro atoms. The lowest BCUT2D eigenvalue weighted by atomic mass is 10.2. The first kappa shape index (κ1) is 25.7. The molecule has 1 aliphatic heterocycles. The molecule has 5 rings (SSSR count). The molecule has 1 saturated heterocycles. The summed E-state index contributed by atoms with van der Waals surface area (Å²) in [5, 5.41) is 4.27. The normalized spacial score (nSPS) is 15.6. The SMILES string of the molecule is COc1cc(OC)cc(N(CCN2CCC[C@@H]2C)c2ccc3ncc(-c4cnn(C)c4)nc3c2)c1.Cl. The second-order valence-electron chi connectivity index (χ2n) is 9.08. The van der Waals surface area contributed by atoms with E-state index in [2.05, 4.69) is 51.1 Å². The van der Waals surface area contributed by atoms with Crippen molar-refractivity contribution in [2.75, 3.05) is 38.8 Å². The molecule has 8 nitrogen and oxygen atoms in total. The van der Waals surface area contributed by atoms with Gasteiger partial charge < -0.3 is 14.4 Å². The number of fused-ring (bicyclic) bond motifs is 1. The zero-order chi connectivity index (χ0) is 24.4. The monoisotopic (exact) mass is 508 g/mol. The van der Waals surface area contributed by atoms with E-state index >= 15 is 0 Å². The van der Waals surface area contributed by atoms with Gasteiger partial charge in [0.2, 0.25) is 0 Å². The average Bonchev–Trinajstić information content (AvgIpc) is 3.51. The van der Waals surface area contributed by atoms with Gasteiger partial charge in [0.05, 0.1) is 43.3 Å². The van der Waals surface area contributed by atoms with Crippen LogP contribution in [-0.4, -0.2) is 64.5 Å². The Hall–Kier alpha value is -3.36. The number of aryl methyl sites for hydroxylation is 1. The van der Waals surface area contributed by atoms with E-state index in [1.807, 2.05) is 31.6 Å². The summed E-state index contributed by atoms with van der Waals surface area (Å²) in [6.07, 6.45) is 8.09. The molecular weight excluding hydrogens is 476 g/mol. The second kappa shape index (κ2) is 11.1. The number of nitrogens with zero attached hydrogens (tertiary/aromatic N) is 6. The van der Waals surface area contributed by atoms with E-state index in [0.29, 0.717) is 6.04 Å². The summed E-state index contributed by atoms with van der Waals surface area (Å²) < 4.78 is 12.9. The number of methoxy groups -OCH3 is 2. The smallest absolute Gasteiger partial charge is 0.124 e. The fourth-order valence-electron chi connectivity index (χ4n) is 4.77. The van der Waals surface area contributed by atoms with Crippen LogP contribution in [-0.2, 0) is 7.05 Å². The van der Waals surface area contributed by atoms with Crippen LogP contribution >= 0.6 is 12.4 Å². The van der Waals surface area contributed by atoms with Gasteiger partial charge in [-0.3, -0.25) is 14.6 Å². The van der Waals surface area contributed by atoms with Crippen LogP contribution in [0.15, 0.2) is 55.0 Å². The molecule has 0 N–H and O–H groups in total. The maximum absolute atomic E-state index is 5.57. The van der Waals surface area contributed by atoms with Crippen molar-refractivity contribution in [1.29, 1.82) is 0 Å². The molecule has 0 radical (unpaired) electrons. The molecule has 0 amide bonds. The number of benzene rings is 2. The van der Waals surface area contributed by atoms with Crippen molar-refractivity contribution in [3.8, 4) is 22.8 Å². The van der Waals surface area contributed by atoms with Crippen molar-refractivity contribution in [1.82, 2.24) is 24.6 Å². The molecule has 9 heteroatoms. The van der Waals surface area contributed by atoms with Gasteiger partial charge in [-0.05, 0) is 44.5 Å². The Labute approximate surface area is 218 Å². The second-order valence-corrected chi connectivity index (χ2v) is 9.08. The lowest BCUT2D eigenvalue weighted by Crippen LogP contribution is -2.35. The van der Waals surface area contributed by atoms with Gasteiger partial charge in [0, 0.05) is 67.5 Å². The summed E-state index contributed by atoms with van der Waals surface area (Å²) in [6.45, 7) is 5.27. The Bertz CT molecular complexity index is 1300. The van der Waals surface area contributed by atoms with Crippen LogP contribution in [0.5, 0.6) is 11.5 Å². The zero-order valence-electron chi connectivity index (χ0n) is 21.2. The molecule has 1 atom stereocenters. The van der Waals surface area contributed by atoms with E-state index in [9.17, 15) is 0 Å². The molecule has 0 bridgehead atoms. The van der Waals surface area contributed by atoms with Crippen molar-refractivity contribution in [3.63, 3.8) is 0 Å². The summed E-state index contributed by atoms with van der Waals surface area (Å²) in [7, 11) is 5.26. The molecule has 0 unspecified atom stereocenters. The molecule has 0 aliphatic carbocycles. The number of ether oxygens (including phenoxy) is 2. The highest BCUT2D eigenvalue weighted by Gasteiger charge is 2.22. The third-order valence-corrected chi connectivity index (χ3v) is 6.79. The third-order valence-electron chi connectivity index (χ3n) is 6.79. The van der Waals surface area contributed by atoms with Crippen LogP contribution in [0.1, 0.15) is 19.8 Å². The lowest BCUT2D eigenvalue weighted by molar-refractivity contribution is 0.276. The summed E-state index contributed by atoms with van der Waals surface area (Å²) in [5.41, 5.74) is 5.53. The fourth-order valence-corrected chi connectivity index (χ4v) is 4.77. The summed E-state index contributed by atoms with van der Waals surface area (Å²) in [5.74, 6) is 1.52. The number of likely N-dealkylation sites (tertiary alicyclic amines) is 1. The molecular formula is C27H33ClN6O2. The van der Waals surface area contributed by atoms with Gasteiger partial charge >= 0.3 is 0 Å². The minimum atomic E-state index is 0. The van der Waals surface area contributed by atoms with Crippen LogP contribution in [0.2, 0.25) is 0 Å². The van der Waals surface area contributed by atoms with Crippen LogP contribution in [0, 0.1) is 0 Å². The van der Waals surface area contributed by atoms with Crippen LogP contribution in [0.3, 0.4) is 0 Å². The number of aromatic nitrogens is 4. The molecule has 190 valence electrons. The number of halogens is 1. The summed E-state index contributed by atoms with van der Waals surface area (Å²) >= 11 is 0. The van der Waals surface area contributed by atoms with E-state index in [1.54, 1.807) is 25.1 Å². The molecule has 3 heterocycles. The van der Waals surface area contributed by atoms with E-state index in [4.69, 9.17) is 14.5 Å².